The molecule has 0 saturated heterocycles. The molecule has 0 aliphatic carbocycles. The van der Waals surface area contributed by atoms with E-state index < -0.39 is 0 Å². The van der Waals surface area contributed by atoms with E-state index in [9.17, 15) is 0 Å². The Bertz CT molecular complexity index is 360. The highest BCUT2D eigenvalue weighted by atomic mass is 32.2. The fourth-order valence-corrected chi connectivity index (χ4v) is 2.49. The summed E-state index contributed by atoms with van der Waals surface area (Å²) < 4.78 is 1.97. The number of aromatic nitrogens is 2. The summed E-state index contributed by atoms with van der Waals surface area (Å²) in [6, 6.07) is 0.387. The van der Waals surface area contributed by atoms with Crippen LogP contribution in [0.4, 0.5) is 0 Å². The van der Waals surface area contributed by atoms with Crippen LogP contribution >= 0.6 is 11.8 Å². The molecule has 1 rings (SSSR count). The molecule has 0 amide bonds. The molecule has 17 heavy (non-hydrogen) atoms. The van der Waals surface area contributed by atoms with Gasteiger partial charge in [0.1, 0.15) is 0 Å². The summed E-state index contributed by atoms with van der Waals surface area (Å²) in [5.74, 6) is 0. The molecule has 98 valence electrons. The van der Waals surface area contributed by atoms with Crippen LogP contribution in [0.15, 0.2) is 0 Å². The van der Waals surface area contributed by atoms with Crippen molar-refractivity contribution in [3.63, 3.8) is 0 Å². The number of hydrogen-bond donors (Lipinski definition) is 1. The van der Waals surface area contributed by atoms with Gasteiger partial charge in [0.15, 0.2) is 0 Å². The molecule has 0 aromatic carbocycles. The van der Waals surface area contributed by atoms with E-state index in [1.54, 1.807) is 0 Å². The van der Waals surface area contributed by atoms with Gasteiger partial charge in [-0.25, -0.2) is 0 Å². The van der Waals surface area contributed by atoms with Crippen LogP contribution in [0.2, 0.25) is 0 Å². The topological polar surface area (TPSA) is 29.9 Å². The number of nitrogens with zero attached hydrogens (tertiary/aromatic N) is 2. The molecular formula is C13H25N3S. The van der Waals surface area contributed by atoms with Crippen molar-refractivity contribution < 1.29 is 0 Å². The smallest absolute Gasteiger partial charge is 0.0644 e. The first-order valence-corrected chi connectivity index (χ1v) is 7.52. The summed E-state index contributed by atoms with van der Waals surface area (Å²) in [6.07, 6.45) is 3.38. The van der Waals surface area contributed by atoms with Gasteiger partial charge in [0, 0.05) is 29.6 Å². The van der Waals surface area contributed by atoms with Crippen molar-refractivity contribution in [2.45, 2.75) is 45.4 Å². The third-order valence-electron chi connectivity index (χ3n) is 3.40. The average molecular weight is 255 g/mol. The molecule has 1 aromatic rings. The molecule has 2 atom stereocenters. The van der Waals surface area contributed by atoms with Gasteiger partial charge in [-0.3, -0.25) is 4.68 Å². The molecule has 0 bridgehead atoms. The first-order valence-electron chi connectivity index (χ1n) is 6.23. The molecule has 0 aliphatic rings. The summed E-state index contributed by atoms with van der Waals surface area (Å²) >= 11 is 1.93. The van der Waals surface area contributed by atoms with Gasteiger partial charge < -0.3 is 5.32 Å². The normalized spacial score (nSPS) is 14.9. The van der Waals surface area contributed by atoms with Gasteiger partial charge in [-0.05, 0) is 40.0 Å². The van der Waals surface area contributed by atoms with Gasteiger partial charge in [0.2, 0.25) is 0 Å². The minimum Gasteiger partial charge on any atom is -0.310 e. The Morgan fingerprint density at radius 2 is 2.00 bits per heavy atom. The van der Waals surface area contributed by atoms with Gasteiger partial charge in [-0.2, -0.15) is 16.9 Å². The van der Waals surface area contributed by atoms with Crippen LogP contribution < -0.4 is 5.32 Å². The Morgan fingerprint density at radius 3 is 2.47 bits per heavy atom. The highest BCUT2D eigenvalue weighted by Gasteiger charge is 2.15. The fraction of sp³-hybridized carbons (Fsp3) is 0.769. The van der Waals surface area contributed by atoms with Gasteiger partial charge in [-0.1, -0.05) is 6.92 Å². The van der Waals surface area contributed by atoms with E-state index >= 15 is 0 Å². The molecular weight excluding hydrogens is 230 g/mol. The maximum Gasteiger partial charge on any atom is 0.0644 e. The van der Waals surface area contributed by atoms with Crippen LogP contribution in [0.5, 0.6) is 0 Å². The molecule has 0 radical (unpaired) electrons. The maximum absolute atomic E-state index is 4.46. The van der Waals surface area contributed by atoms with Crippen molar-refractivity contribution >= 4 is 11.8 Å². The van der Waals surface area contributed by atoms with Crippen LogP contribution in [0.25, 0.3) is 0 Å². The van der Waals surface area contributed by atoms with E-state index in [-0.39, 0.29) is 0 Å². The molecule has 2 unspecified atom stereocenters. The van der Waals surface area contributed by atoms with E-state index in [2.05, 4.69) is 44.4 Å². The van der Waals surface area contributed by atoms with Gasteiger partial charge in [-0.15, -0.1) is 0 Å². The Kier molecular flexibility index (Phi) is 5.53. The Labute approximate surface area is 109 Å². The van der Waals surface area contributed by atoms with Gasteiger partial charge >= 0.3 is 0 Å². The van der Waals surface area contributed by atoms with Crippen LogP contribution in [0.1, 0.15) is 43.3 Å². The third kappa shape index (κ3) is 3.75. The molecule has 4 heteroatoms. The minimum absolute atomic E-state index is 0.387. The SMILES string of the molecule is CSC(C)CCNC(C)c1c(C)nn(C)c1C. The zero-order chi connectivity index (χ0) is 13.0. The molecule has 3 nitrogen and oxygen atoms in total. The summed E-state index contributed by atoms with van der Waals surface area (Å²) in [4.78, 5) is 0. The lowest BCUT2D eigenvalue weighted by molar-refractivity contribution is 0.553. The second-order valence-corrected chi connectivity index (χ2v) is 6.00. The van der Waals surface area contributed by atoms with Crippen LogP contribution in [0, 0.1) is 13.8 Å². The van der Waals surface area contributed by atoms with Crippen molar-refractivity contribution in [2.24, 2.45) is 7.05 Å². The third-order valence-corrected chi connectivity index (χ3v) is 4.44. The summed E-state index contributed by atoms with van der Waals surface area (Å²) in [5, 5.41) is 8.78. The molecule has 0 aliphatic heterocycles. The van der Waals surface area contributed by atoms with Crippen molar-refractivity contribution in [3.05, 3.63) is 17.0 Å². The maximum atomic E-state index is 4.46. The standard InChI is InChI=1S/C13H25N3S/c1-9(17-6)7-8-14-10(2)13-11(3)15-16(5)12(13)4/h9-10,14H,7-8H2,1-6H3. The highest BCUT2D eigenvalue weighted by Crippen LogP contribution is 2.20. The number of rotatable bonds is 6. The Hall–Kier alpha value is -0.480. The molecule has 1 aromatic heterocycles. The zero-order valence-electron chi connectivity index (χ0n) is 11.9. The molecule has 0 fully saturated rings. The predicted molar refractivity (Wildman–Crippen MR) is 76.7 cm³/mol. The monoisotopic (exact) mass is 255 g/mol. The van der Waals surface area contributed by atoms with Crippen molar-refractivity contribution in [1.29, 1.82) is 0 Å². The van der Waals surface area contributed by atoms with E-state index in [1.165, 1.54) is 17.7 Å². The number of hydrogen-bond acceptors (Lipinski definition) is 3. The second-order valence-electron chi connectivity index (χ2n) is 4.72. The summed E-state index contributed by atoms with van der Waals surface area (Å²) in [7, 11) is 2.01. The average Bonchev–Trinajstić information content (AvgIpc) is 2.52. The number of thioether (sulfide) groups is 1. The van der Waals surface area contributed by atoms with E-state index in [0.717, 1.165) is 17.5 Å². The van der Waals surface area contributed by atoms with E-state index in [1.807, 2.05) is 23.5 Å². The van der Waals surface area contributed by atoms with Gasteiger partial charge in [0.25, 0.3) is 0 Å². The fourth-order valence-electron chi connectivity index (χ4n) is 2.14. The van der Waals surface area contributed by atoms with Crippen LogP contribution in [-0.2, 0) is 7.05 Å². The second kappa shape index (κ2) is 6.45. The molecule has 0 spiro atoms. The van der Waals surface area contributed by atoms with Crippen molar-refractivity contribution in [1.82, 2.24) is 15.1 Å². The first-order chi connectivity index (χ1) is 7.97. The number of nitrogens with one attached hydrogen (secondary N) is 1. The summed E-state index contributed by atoms with van der Waals surface area (Å²) in [6.45, 7) is 9.79. The Balaban J connectivity index is 2.55. The van der Waals surface area contributed by atoms with Crippen LogP contribution in [-0.4, -0.2) is 27.8 Å². The summed E-state index contributed by atoms with van der Waals surface area (Å²) in [5.41, 5.74) is 3.76. The Morgan fingerprint density at radius 1 is 1.35 bits per heavy atom. The zero-order valence-corrected chi connectivity index (χ0v) is 12.7. The van der Waals surface area contributed by atoms with Crippen molar-refractivity contribution in [3.8, 4) is 0 Å². The van der Waals surface area contributed by atoms with Crippen molar-refractivity contribution in [2.75, 3.05) is 12.8 Å². The lowest BCUT2D eigenvalue weighted by Crippen LogP contribution is -2.22. The number of aryl methyl sites for hydroxylation is 2. The predicted octanol–water partition coefficient (Wildman–Crippen LogP) is 2.83. The lowest BCUT2D eigenvalue weighted by atomic mass is 10.1. The largest absolute Gasteiger partial charge is 0.310 e. The molecule has 1 heterocycles. The first kappa shape index (κ1) is 14.6. The van der Waals surface area contributed by atoms with E-state index in [0.29, 0.717) is 6.04 Å². The lowest BCUT2D eigenvalue weighted by Gasteiger charge is -2.16. The highest BCUT2D eigenvalue weighted by molar-refractivity contribution is 7.99. The molecule has 0 saturated carbocycles. The quantitative estimate of drug-likeness (QED) is 0.847. The van der Waals surface area contributed by atoms with Crippen LogP contribution in [0.3, 0.4) is 0 Å². The molecule has 1 N–H and O–H groups in total. The van der Waals surface area contributed by atoms with Gasteiger partial charge in [0.05, 0.1) is 5.69 Å². The minimum atomic E-state index is 0.387. The van der Waals surface area contributed by atoms with E-state index in [4.69, 9.17) is 0 Å².